The van der Waals surface area contributed by atoms with Crippen molar-refractivity contribution in [3.63, 3.8) is 0 Å². The van der Waals surface area contributed by atoms with Gasteiger partial charge in [-0.25, -0.2) is 4.79 Å². The van der Waals surface area contributed by atoms with E-state index in [1.54, 1.807) is 30.3 Å². The molecule has 2 saturated heterocycles. The number of carbonyl (C=O) groups excluding carboxylic acids is 3. The molecule has 0 unspecified atom stereocenters. The Hall–Kier alpha value is -4.30. The Bertz CT molecular complexity index is 1300. The highest BCUT2D eigenvalue weighted by Crippen LogP contribution is 2.36. The van der Waals surface area contributed by atoms with Crippen LogP contribution < -0.4 is 5.73 Å². The van der Waals surface area contributed by atoms with Gasteiger partial charge in [0.2, 0.25) is 11.8 Å². The molecule has 2 atom stereocenters. The number of alkyl halides is 6. The average molecular weight is 586 g/mol. The number of halogens is 6. The van der Waals surface area contributed by atoms with E-state index in [0.717, 1.165) is 15.4 Å². The van der Waals surface area contributed by atoms with E-state index in [9.17, 15) is 40.7 Å². The molecule has 2 aromatic carbocycles. The lowest BCUT2D eigenvalue weighted by Gasteiger charge is -2.51. The summed E-state index contributed by atoms with van der Waals surface area (Å²) in [6.45, 7) is -1.12. The number of benzene rings is 2. The molecule has 0 radical (unpaired) electrons. The van der Waals surface area contributed by atoms with E-state index >= 15 is 0 Å². The van der Waals surface area contributed by atoms with Crippen molar-refractivity contribution < 1.29 is 45.5 Å². The molecule has 15 heteroatoms. The smallest absolute Gasteiger partial charge is 0.416 e. The van der Waals surface area contributed by atoms with Crippen LogP contribution in [0.5, 0.6) is 0 Å². The number of rotatable bonds is 6. The molecule has 2 aliphatic heterocycles. The number of carbonyl (C=O) groups is 3. The first kappa shape index (κ1) is 29.7. The first-order chi connectivity index (χ1) is 19.1. The van der Waals surface area contributed by atoms with Crippen LogP contribution in [0.4, 0.5) is 31.1 Å². The number of hydrogen-bond acceptors (Lipinski definition) is 5. The fraction of sp³-hybridized carbons (Fsp3) is 0.385. The Morgan fingerprint density at radius 1 is 0.976 bits per heavy atom. The average Bonchev–Trinajstić information content (AvgIpc) is 2.89. The molecule has 3 N–H and O–H groups in total. The molecule has 0 bridgehead atoms. The molecule has 2 fully saturated rings. The second-order valence-corrected chi connectivity index (χ2v) is 9.64. The highest BCUT2D eigenvalue weighted by atomic mass is 19.4. The minimum atomic E-state index is -5.07. The van der Waals surface area contributed by atoms with Crippen LogP contribution in [0.3, 0.4) is 0 Å². The van der Waals surface area contributed by atoms with Gasteiger partial charge < -0.3 is 20.3 Å². The summed E-state index contributed by atoms with van der Waals surface area (Å²) in [5.74, 6) is -1.35. The molecule has 3 amide bonds. The summed E-state index contributed by atoms with van der Waals surface area (Å²) >= 11 is 0. The molecule has 0 saturated carbocycles. The second kappa shape index (κ2) is 11.3. The fourth-order valence-electron chi connectivity index (χ4n) is 4.88. The molecule has 2 aliphatic rings. The largest absolute Gasteiger partial charge is 0.444 e. The number of hydrogen-bond donors (Lipinski definition) is 2. The third kappa shape index (κ3) is 6.72. The summed E-state index contributed by atoms with van der Waals surface area (Å²) in [7, 11) is 0. The highest BCUT2D eigenvalue weighted by Gasteiger charge is 2.49. The fourth-order valence-corrected chi connectivity index (χ4v) is 4.88. The van der Waals surface area contributed by atoms with Crippen molar-refractivity contribution in [1.29, 1.82) is 5.41 Å². The van der Waals surface area contributed by atoms with Crippen molar-refractivity contribution in [2.75, 3.05) is 13.1 Å². The Morgan fingerprint density at radius 3 is 2.15 bits per heavy atom. The zero-order valence-electron chi connectivity index (χ0n) is 21.3. The van der Waals surface area contributed by atoms with Crippen LogP contribution in [0.2, 0.25) is 0 Å². The number of amides is 3. The van der Waals surface area contributed by atoms with Gasteiger partial charge in [-0.1, -0.05) is 30.3 Å². The van der Waals surface area contributed by atoms with Gasteiger partial charge in [0.15, 0.2) is 0 Å². The zero-order valence-corrected chi connectivity index (χ0v) is 21.3. The minimum absolute atomic E-state index is 0.0328. The maximum absolute atomic E-state index is 13.3. The number of piperazine rings is 1. The summed E-state index contributed by atoms with van der Waals surface area (Å²) in [4.78, 5) is 43.0. The van der Waals surface area contributed by atoms with E-state index in [-0.39, 0.29) is 44.4 Å². The topological polar surface area (TPSA) is 120 Å². The molecule has 0 aromatic heterocycles. The van der Waals surface area contributed by atoms with E-state index in [2.05, 4.69) is 0 Å². The maximum Gasteiger partial charge on any atom is 0.416 e. The van der Waals surface area contributed by atoms with Crippen LogP contribution in [0.25, 0.3) is 0 Å². The molecule has 4 rings (SSSR count). The van der Waals surface area contributed by atoms with Gasteiger partial charge in [0.1, 0.15) is 18.8 Å². The summed E-state index contributed by atoms with van der Waals surface area (Å²) in [5.41, 5.74) is 2.66. The number of ether oxygens (including phenoxy) is 1. The molecule has 0 aliphatic carbocycles. The maximum atomic E-state index is 13.3. The van der Waals surface area contributed by atoms with Gasteiger partial charge in [0, 0.05) is 25.9 Å². The van der Waals surface area contributed by atoms with Crippen LogP contribution in [-0.2, 0) is 39.8 Å². The molecular weight excluding hydrogens is 560 g/mol. The van der Waals surface area contributed by atoms with Gasteiger partial charge in [-0.3, -0.25) is 19.9 Å². The lowest BCUT2D eigenvalue weighted by atomic mass is 10.0. The lowest BCUT2D eigenvalue weighted by Crippen LogP contribution is -2.71. The van der Waals surface area contributed by atoms with E-state index < -0.39 is 65.8 Å². The normalized spacial score (nSPS) is 19.7. The van der Waals surface area contributed by atoms with Crippen molar-refractivity contribution in [2.24, 2.45) is 5.73 Å². The second-order valence-electron chi connectivity index (χ2n) is 9.64. The van der Waals surface area contributed by atoms with Crippen LogP contribution in [0.1, 0.15) is 35.1 Å². The van der Waals surface area contributed by atoms with Crippen molar-refractivity contribution in [3.8, 4) is 0 Å². The molecule has 220 valence electrons. The zero-order chi connectivity index (χ0) is 30.1. The third-order valence-electron chi connectivity index (χ3n) is 6.73. The molecule has 2 heterocycles. The van der Waals surface area contributed by atoms with Gasteiger partial charge >= 0.3 is 18.4 Å². The third-order valence-corrected chi connectivity index (χ3v) is 6.73. The van der Waals surface area contributed by atoms with E-state index in [0.29, 0.717) is 12.1 Å². The number of fused-ring (bicyclic) bond motifs is 1. The Morgan fingerprint density at radius 2 is 1.59 bits per heavy atom. The van der Waals surface area contributed by atoms with Crippen molar-refractivity contribution >= 4 is 23.7 Å². The van der Waals surface area contributed by atoms with E-state index in [4.69, 9.17) is 15.9 Å². The van der Waals surface area contributed by atoms with Crippen LogP contribution in [0, 0.1) is 5.41 Å². The number of nitrogens with zero attached hydrogens (tertiary/aromatic N) is 3. The SMILES string of the molecule is N=C(N)C[C@H]1C(=O)N(Cc2ccccc2)C[C@@H]2N(C(=O)OCc3cc(C(F)(F)F)cc(C(F)(F)F)c3)CCC(=O)N21. The van der Waals surface area contributed by atoms with Crippen LogP contribution >= 0.6 is 0 Å². The first-order valence-electron chi connectivity index (χ1n) is 12.3. The number of amidine groups is 1. The summed E-state index contributed by atoms with van der Waals surface area (Å²) in [5, 5.41) is 7.70. The van der Waals surface area contributed by atoms with E-state index in [1.165, 1.54) is 4.90 Å². The molecule has 2 aromatic rings. The summed E-state index contributed by atoms with van der Waals surface area (Å²) in [6.07, 6.45) is -12.9. The number of nitrogens with two attached hydrogens (primary N) is 1. The Labute approximate surface area is 229 Å². The highest BCUT2D eigenvalue weighted by molar-refractivity contribution is 5.94. The molecular formula is C26H25F6N5O4. The predicted molar refractivity (Wildman–Crippen MR) is 131 cm³/mol. The molecule has 0 spiro atoms. The predicted octanol–water partition coefficient (Wildman–Crippen LogP) is 3.96. The molecule has 41 heavy (non-hydrogen) atoms. The van der Waals surface area contributed by atoms with Gasteiger partial charge in [-0.05, 0) is 29.3 Å². The van der Waals surface area contributed by atoms with E-state index in [1.807, 2.05) is 0 Å². The first-order valence-corrected chi connectivity index (χ1v) is 12.3. The summed E-state index contributed by atoms with van der Waals surface area (Å²) < 4.78 is 84.5. The van der Waals surface area contributed by atoms with Crippen LogP contribution in [-0.4, -0.2) is 63.7 Å². The van der Waals surface area contributed by atoms with Crippen molar-refractivity contribution in [1.82, 2.24) is 14.7 Å². The standard InChI is InChI=1S/C26H25F6N5O4/c27-25(28,29)17-8-16(9-18(10-17)26(30,31)32)14-41-24(40)36-7-6-22(38)37-19(11-20(33)34)23(39)35(13-21(36)37)12-15-4-2-1-3-5-15/h1-5,8-10,19,21H,6-7,11-14H2,(H3,33,34)/t19-,21+/m0/s1. The molecule has 9 nitrogen and oxygen atoms in total. The van der Waals surface area contributed by atoms with Gasteiger partial charge in [-0.15, -0.1) is 0 Å². The van der Waals surface area contributed by atoms with Crippen molar-refractivity contribution in [2.45, 2.75) is 50.6 Å². The lowest BCUT2D eigenvalue weighted by molar-refractivity contribution is -0.168. The minimum Gasteiger partial charge on any atom is -0.444 e. The van der Waals surface area contributed by atoms with Crippen molar-refractivity contribution in [3.05, 3.63) is 70.8 Å². The van der Waals surface area contributed by atoms with Crippen LogP contribution in [0.15, 0.2) is 48.5 Å². The monoisotopic (exact) mass is 585 g/mol. The van der Waals surface area contributed by atoms with Gasteiger partial charge in [-0.2, -0.15) is 26.3 Å². The Kier molecular flexibility index (Phi) is 8.17. The number of nitrogens with one attached hydrogen (secondary N) is 1. The Balaban J connectivity index is 1.59. The quantitative estimate of drug-likeness (QED) is 0.302. The van der Waals surface area contributed by atoms with Gasteiger partial charge in [0.05, 0.1) is 23.5 Å². The summed E-state index contributed by atoms with van der Waals surface area (Å²) in [6, 6.07) is 8.51. The van der Waals surface area contributed by atoms with Gasteiger partial charge in [0.25, 0.3) is 0 Å².